The van der Waals surface area contributed by atoms with Crippen LogP contribution in [-0.2, 0) is 7.05 Å². The van der Waals surface area contributed by atoms with Crippen molar-refractivity contribution in [2.45, 2.75) is 88.4 Å². The summed E-state index contributed by atoms with van der Waals surface area (Å²) in [5.41, 5.74) is 0.0747. The van der Waals surface area contributed by atoms with Crippen LogP contribution in [0.3, 0.4) is 0 Å². The quantitative estimate of drug-likeness (QED) is 0.472. The summed E-state index contributed by atoms with van der Waals surface area (Å²) in [6, 6.07) is 2.44. The highest BCUT2D eigenvalue weighted by Crippen LogP contribution is 2.59. The van der Waals surface area contributed by atoms with Gasteiger partial charge in [0.15, 0.2) is 5.78 Å². The molecule has 6 fully saturated rings. The average Bonchev–Trinajstić information content (AvgIpc) is 3.59. The normalized spacial score (nSPS) is 34.3. The summed E-state index contributed by atoms with van der Waals surface area (Å²) in [5.74, 6) is 3.50. The van der Waals surface area contributed by atoms with Crippen molar-refractivity contribution in [1.82, 2.24) is 14.7 Å². The van der Waals surface area contributed by atoms with Gasteiger partial charge in [-0.25, -0.2) is 0 Å². The second-order valence-corrected chi connectivity index (χ2v) is 13.0. The van der Waals surface area contributed by atoms with E-state index in [-0.39, 0.29) is 12.3 Å². The van der Waals surface area contributed by atoms with Crippen molar-refractivity contribution in [1.29, 1.82) is 0 Å². The zero-order valence-electron chi connectivity index (χ0n) is 21.9. The molecule has 2 unspecified atom stereocenters. The van der Waals surface area contributed by atoms with E-state index in [1.807, 2.05) is 22.7 Å². The van der Waals surface area contributed by atoms with Crippen LogP contribution in [0.5, 0.6) is 0 Å². The SMILES string of the molecule is Cn1nc(C(=O)CC2C3CC4CC2CC(O)(C4)C3)cc1N(CC1CCN(CCC(F)(F)F)CC1)C1CC1. The Balaban J connectivity index is 1.07. The monoisotopic (exact) mass is 522 g/mol. The van der Waals surface area contributed by atoms with Gasteiger partial charge in [0.05, 0.1) is 12.0 Å². The third-order valence-electron chi connectivity index (χ3n) is 10.2. The van der Waals surface area contributed by atoms with E-state index < -0.39 is 18.2 Å². The molecule has 4 bridgehead atoms. The number of carbonyl (C=O) groups excluding carboxylic acids is 1. The summed E-state index contributed by atoms with van der Waals surface area (Å²) in [6.07, 6.45) is 4.78. The Bertz CT molecular complexity index is 982. The molecule has 9 heteroatoms. The minimum atomic E-state index is -4.09. The van der Waals surface area contributed by atoms with E-state index in [1.54, 1.807) is 0 Å². The van der Waals surface area contributed by atoms with Crippen LogP contribution >= 0.6 is 0 Å². The van der Waals surface area contributed by atoms with Crippen molar-refractivity contribution in [3.05, 3.63) is 11.8 Å². The lowest BCUT2D eigenvalue weighted by Crippen LogP contribution is -2.54. The molecule has 5 aliphatic carbocycles. The van der Waals surface area contributed by atoms with E-state index in [1.165, 1.54) is 0 Å². The number of aromatic nitrogens is 2. The number of ketones is 1. The van der Waals surface area contributed by atoms with Crippen LogP contribution in [0.1, 0.15) is 81.1 Å². The predicted molar refractivity (Wildman–Crippen MR) is 134 cm³/mol. The van der Waals surface area contributed by atoms with E-state index in [9.17, 15) is 23.1 Å². The maximum Gasteiger partial charge on any atom is 0.390 e. The fourth-order valence-corrected chi connectivity index (χ4v) is 8.37. The highest BCUT2D eigenvalue weighted by Gasteiger charge is 2.54. The standard InChI is InChI=1S/C28H41F3N4O2/c1-33-26(35(22-2-3-22)17-18-4-7-34(8-5-18)9-6-28(29,30)31)13-24(32-33)25(36)12-23-20-10-19-11-21(23)16-27(37,14-19)15-20/h13,18-23,37H,2-12,14-17H2,1H3. The lowest BCUT2D eigenvalue weighted by molar-refractivity contribution is -0.151. The number of aryl methyl sites for hydroxylation is 1. The van der Waals surface area contributed by atoms with Crippen LogP contribution in [0.4, 0.5) is 19.0 Å². The summed E-state index contributed by atoms with van der Waals surface area (Å²) in [5, 5.41) is 15.5. The number of hydrogen-bond donors (Lipinski definition) is 1. The number of rotatable bonds is 9. The van der Waals surface area contributed by atoms with Gasteiger partial charge >= 0.3 is 6.18 Å². The van der Waals surface area contributed by atoms with E-state index in [0.717, 1.165) is 70.2 Å². The first kappa shape index (κ1) is 25.7. The zero-order valence-corrected chi connectivity index (χ0v) is 21.9. The van der Waals surface area contributed by atoms with Crippen LogP contribution in [0.15, 0.2) is 6.07 Å². The lowest BCUT2D eigenvalue weighted by Gasteiger charge is -2.58. The highest BCUT2D eigenvalue weighted by molar-refractivity contribution is 5.95. The minimum Gasteiger partial charge on any atom is -0.390 e. The number of likely N-dealkylation sites (tertiary alicyclic amines) is 1. The summed E-state index contributed by atoms with van der Waals surface area (Å²) >= 11 is 0. The summed E-state index contributed by atoms with van der Waals surface area (Å²) in [6.45, 7) is 2.40. The Kier molecular flexibility index (Phi) is 6.62. The maximum atomic E-state index is 13.4. The number of carbonyl (C=O) groups is 1. The second kappa shape index (κ2) is 9.54. The van der Waals surface area contributed by atoms with Crippen molar-refractivity contribution in [3.63, 3.8) is 0 Å². The predicted octanol–water partition coefficient (Wildman–Crippen LogP) is 4.81. The van der Waals surface area contributed by atoms with E-state index >= 15 is 0 Å². The Morgan fingerprint density at radius 2 is 1.81 bits per heavy atom. The number of piperidine rings is 1. The lowest BCUT2D eigenvalue weighted by atomic mass is 9.49. The summed E-state index contributed by atoms with van der Waals surface area (Å²) in [7, 11) is 1.92. The number of nitrogens with zero attached hydrogens (tertiary/aromatic N) is 4. The van der Waals surface area contributed by atoms with Crippen LogP contribution in [-0.4, -0.2) is 69.6 Å². The molecule has 1 N–H and O–H groups in total. The molecule has 2 atom stereocenters. The molecule has 5 saturated carbocycles. The molecule has 1 saturated heterocycles. The van der Waals surface area contributed by atoms with Crippen LogP contribution in [0, 0.1) is 29.6 Å². The summed E-state index contributed by atoms with van der Waals surface area (Å²) < 4.78 is 39.6. The molecule has 6 nitrogen and oxygen atoms in total. The van der Waals surface area contributed by atoms with Crippen LogP contribution in [0.25, 0.3) is 0 Å². The van der Waals surface area contributed by atoms with Gasteiger partial charge in [-0.1, -0.05) is 0 Å². The molecule has 0 spiro atoms. The van der Waals surface area contributed by atoms with Gasteiger partial charge in [-0.3, -0.25) is 9.48 Å². The highest BCUT2D eigenvalue weighted by atomic mass is 19.4. The number of Topliss-reactive ketones (excluding diaryl/α,β-unsaturated/α-hetero) is 1. The smallest absolute Gasteiger partial charge is 0.390 e. The molecule has 0 aromatic carbocycles. The third kappa shape index (κ3) is 5.58. The Morgan fingerprint density at radius 3 is 2.41 bits per heavy atom. The van der Waals surface area contributed by atoms with Gasteiger partial charge in [0, 0.05) is 38.7 Å². The molecule has 2 heterocycles. The molecule has 0 amide bonds. The minimum absolute atomic E-state index is 0.0956. The molecular weight excluding hydrogens is 481 g/mol. The Hall–Kier alpha value is -1.61. The van der Waals surface area contributed by atoms with Crippen LogP contribution < -0.4 is 4.90 Å². The molecule has 7 rings (SSSR count). The fraction of sp³-hybridized carbons (Fsp3) is 0.857. The maximum absolute atomic E-state index is 13.4. The van der Waals surface area contributed by atoms with Crippen molar-refractivity contribution in [2.75, 3.05) is 31.1 Å². The van der Waals surface area contributed by atoms with E-state index in [0.29, 0.717) is 60.8 Å². The molecule has 1 aliphatic heterocycles. The van der Waals surface area contributed by atoms with E-state index in [4.69, 9.17) is 0 Å². The first-order chi connectivity index (χ1) is 17.6. The molecular formula is C28H41F3N4O2. The van der Waals surface area contributed by atoms with Crippen LogP contribution in [0.2, 0.25) is 0 Å². The number of alkyl halides is 3. The first-order valence-electron chi connectivity index (χ1n) is 14.4. The van der Waals surface area contributed by atoms with E-state index in [2.05, 4.69) is 10.00 Å². The largest absolute Gasteiger partial charge is 0.390 e. The van der Waals surface area contributed by atoms with Crippen molar-refractivity contribution < 1.29 is 23.1 Å². The third-order valence-corrected chi connectivity index (χ3v) is 10.2. The molecule has 206 valence electrons. The Morgan fingerprint density at radius 1 is 1.14 bits per heavy atom. The summed E-state index contributed by atoms with van der Waals surface area (Å²) in [4.78, 5) is 17.7. The van der Waals surface area contributed by atoms with Gasteiger partial charge in [-0.15, -0.1) is 0 Å². The molecule has 6 aliphatic rings. The zero-order chi connectivity index (χ0) is 25.9. The van der Waals surface area contributed by atoms with Gasteiger partial charge in [0.1, 0.15) is 11.5 Å². The molecule has 37 heavy (non-hydrogen) atoms. The second-order valence-electron chi connectivity index (χ2n) is 13.0. The number of halogens is 3. The average molecular weight is 523 g/mol. The number of hydrogen-bond acceptors (Lipinski definition) is 5. The molecule has 0 radical (unpaired) electrons. The van der Waals surface area contributed by atoms with Crippen molar-refractivity contribution >= 4 is 11.6 Å². The Labute approximate surface area is 217 Å². The van der Waals surface area contributed by atoms with Crippen molar-refractivity contribution in [3.8, 4) is 0 Å². The number of aliphatic hydroxyl groups is 1. The topological polar surface area (TPSA) is 61.6 Å². The first-order valence-corrected chi connectivity index (χ1v) is 14.4. The number of anilines is 1. The van der Waals surface area contributed by atoms with Gasteiger partial charge < -0.3 is 14.9 Å². The van der Waals surface area contributed by atoms with Crippen molar-refractivity contribution in [2.24, 2.45) is 36.6 Å². The van der Waals surface area contributed by atoms with Gasteiger partial charge in [0.25, 0.3) is 0 Å². The molecule has 1 aromatic heterocycles. The molecule has 1 aromatic rings. The fourth-order valence-electron chi connectivity index (χ4n) is 8.37. The van der Waals surface area contributed by atoms with Gasteiger partial charge in [-0.2, -0.15) is 18.3 Å². The van der Waals surface area contributed by atoms with Gasteiger partial charge in [-0.05, 0) is 100 Å². The van der Waals surface area contributed by atoms with Gasteiger partial charge in [0.2, 0.25) is 0 Å².